The SMILES string of the molecule is CCCOC(=O)C(C)(C)CP(=O)(CO[C@H](C)Cn1cnc2c(N)ncnc21)NCc1ccc(OC(F)(F)F)cc1. The number of rotatable bonds is 14. The number of carbonyl (C=O) groups is 1. The molecule has 220 valence electrons. The Hall–Kier alpha value is -3.22. The van der Waals surface area contributed by atoms with Gasteiger partial charge in [0.1, 0.15) is 23.9 Å². The van der Waals surface area contributed by atoms with Gasteiger partial charge in [-0.1, -0.05) is 19.1 Å². The van der Waals surface area contributed by atoms with Crippen LogP contribution < -0.4 is 15.6 Å². The maximum atomic E-state index is 14.1. The van der Waals surface area contributed by atoms with Crippen molar-refractivity contribution < 1.29 is 36.7 Å². The standard InChI is InChI=1S/C25H34F3N6O5P/c1-5-10-37-23(35)24(3,4)13-40(36,33-11-18-6-8-19(9-7-18)39-25(26,27)28)16-38-17(2)12-34-15-32-20-21(29)30-14-31-22(20)34/h6-9,14-15,17H,5,10-13,16H2,1-4H3,(H,33,36)(H2,29,30,31)/t17-,40?/m1/s1. The van der Waals surface area contributed by atoms with Gasteiger partial charge in [0.05, 0.1) is 31.0 Å². The van der Waals surface area contributed by atoms with Gasteiger partial charge in [-0.25, -0.2) is 15.0 Å². The van der Waals surface area contributed by atoms with Gasteiger partial charge in [0.25, 0.3) is 0 Å². The zero-order valence-corrected chi connectivity index (χ0v) is 23.7. The van der Waals surface area contributed by atoms with Crippen LogP contribution in [0.5, 0.6) is 5.75 Å². The van der Waals surface area contributed by atoms with Crippen molar-refractivity contribution in [3.05, 3.63) is 42.5 Å². The molecule has 0 bridgehead atoms. The molecule has 0 spiro atoms. The van der Waals surface area contributed by atoms with Gasteiger partial charge in [0, 0.05) is 12.7 Å². The molecular weight excluding hydrogens is 552 g/mol. The van der Waals surface area contributed by atoms with E-state index < -0.39 is 31.1 Å². The molecule has 2 heterocycles. The number of aromatic nitrogens is 4. The number of fused-ring (bicyclic) bond motifs is 1. The van der Waals surface area contributed by atoms with Crippen LogP contribution in [0.25, 0.3) is 11.2 Å². The number of nitrogens with one attached hydrogen (secondary N) is 1. The van der Waals surface area contributed by atoms with E-state index in [0.29, 0.717) is 29.7 Å². The third-order valence-corrected chi connectivity index (χ3v) is 8.42. The number of hydrogen-bond acceptors (Lipinski definition) is 9. The van der Waals surface area contributed by atoms with Crippen molar-refractivity contribution in [2.24, 2.45) is 5.41 Å². The van der Waals surface area contributed by atoms with E-state index in [-0.39, 0.29) is 37.2 Å². The maximum absolute atomic E-state index is 14.1. The number of alkyl halides is 3. The fourth-order valence-electron chi connectivity index (χ4n) is 3.89. The average Bonchev–Trinajstić information content (AvgIpc) is 3.28. The van der Waals surface area contributed by atoms with Crippen LogP contribution in [0.2, 0.25) is 0 Å². The summed E-state index contributed by atoms with van der Waals surface area (Å²) in [4.78, 5) is 25.0. The fourth-order valence-corrected chi connectivity index (χ4v) is 6.56. The molecule has 0 radical (unpaired) electrons. The van der Waals surface area contributed by atoms with Gasteiger partial charge in [-0.3, -0.25) is 9.88 Å². The number of halogens is 3. The van der Waals surface area contributed by atoms with Gasteiger partial charge in [-0.15, -0.1) is 13.2 Å². The molecule has 1 aromatic carbocycles. The minimum atomic E-state index is -4.80. The minimum absolute atomic E-state index is 0.0593. The molecule has 2 atom stereocenters. The summed E-state index contributed by atoms with van der Waals surface area (Å²) in [7, 11) is -3.39. The van der Waals surface area contributed by atoms with Crippen LogP contribution in [0.3, 0.4) is 0 Å². The van der Waals surface area contributed by atoms with Gasteiger partial charge in [-0.05, 0) is 44.9 Å². The maximum Gasteiger partial charge on any atom is 0.573 e. The van der Waals surface area contributed by atoms with Crippen molar-refractivity contribution in [2.45, 2.75) is 59.7 Å². The molecule has 0 amide bonds. The van der Waals surface area contributed by atoms with E-state index in [1.807, 2.05) is 6.92 Å². The first-order valence-corrected chi connectivity index (χ1v) is 14.7. The number of benzene rings is 1. The van der Waals surface area contributed by atoms with Gasteiger partial charge in [0.15, 0.2) is 18.8 Å². The normalized spacial score (nSPS) is 14.6. The first-order valence-electron chi connectivity index (χ1n) is 12.6. The van der Waals surface area contributed by atoms with Crippen molar-refractivity contribution in [1.82, 2.24) is 24.6 Å². The van der Waals surface area contributed by atoms with E-state index in [1.165, 1.54) is 30.6 Å². The number of imidazole rings is 1. The Morgan fingerprint density at radius 2 is 1.88 bits per heavy atom. The largest absolute Gasteiger partial charge is 0.573 e. The predicted molar refractivity (Wildman–Crippen MR) is 143 cm³/mol. The van der Waals surface area contributed by atoms with E-state index in [1.54, 1.807) is 31.7 Å². The third-order valence-electron chi connectivity index (χ3n) is 5.82. The predicted octanol–water partition coefficient (Wildman–Crippen LogP) is 4.72. The lowest BCUT2D eigenvalue weighted by Gasteiger charge is -2.29. The summed E-state index contributed by atoms with van der Waals surface area (Å²) in [5, 5.41) is 3.00. The lowest BCUT2D eigenvalue weighted by molar-refractivity contribution is -0.274. The molecule has 40 heavy (non-hydrogen) atoms. The van der Waals surface area contributed by atoms with Crippen LogP contribution in [0.15, 0.2) is 36.9 Å². The molecule has 0 fully saturated rings. The smallest absolute Gasteiger partial charge is 0.465 e. The zero-order valence-electron chi connectivity index (χ0n) is 22.8. The summed E-state index contributed by atoms with van der Waals surface area (Å²) in [6.45, 7) is 7.59. The molecule has 0 saturated heterocycles. The van der Waals surface area contributed by atoms with Crippen molar-refractivity contribution >= 4 is 30.2 Å². The van der Waals surface area contributed by atoms with Gasteiger partial charge >= 0.3 is 12.3 Å². The molecular formula is C25H34F3N6O5P. The number of hydrogen-bond donors (Lipinski definition) is 2. The second-order valence-corrected chi connectivity index (χ2v) is 12.7. The van der Waals surface area contributed by atoms with E-state index in [0.717, 1.165) is 0 Å². The topological polar surface area (TPSA) is 143 Å². The number of carbonyl (C=O) groups excluding carboxylic acids is 1. The van der Waals surface area contributed by atoms with E-state index in [9.17, 15) is 22.5 Å². The first-order chi connectivity index (χ1) is 18.7. The van der Waals surface area contributed by atoms with Gasteiger partial charge < -0.3 is 29.1 Å². The Morgan fingerprint density at radius 1 is 1.18 bits per heavy atom. The summed E-state index contributed by atoms with van der Waals surface area (Å²) < 4.78 is 68.5. The summed E-state index contributed by atoms with van der Waals surface area (Å²) in [6.07, 6.45) is -1.97. The summed E-state index contributed by atoms with van der Waals surface area (Å²) >= 11 is 0. The molecule has 2 aromatic heterocycles. The molecule has 11 nitrogen and oxygen atoms in total. The number of anilines is 1. The number of esters is 1. The van der Waals surface area contributed by atoms with Crippen molar-refractivity contribution in [3.63, 3.8) is 0 Å². The van der Waals surface area contributed by atoms with Crippen LogP contribution in [-0.2, 0) is 31.9 Å². The Morgan fingerprint density at radius 3 is 2.52 bits per heavy atom. The number of nitrogen functional groups attached to an aromatic ring is 1. The fraction of sp³-hybridized carbons (Fsp3) is 0.520. The van der Waals surface area contributed by atoms with E-state index in [4.69, 9.17) is 15.2 Å². The molecule has 0 aliphatic heterocycles. The molecule has 0 aliphatic rings. The highest BCUT2D eigenvalue weighted by Crippen LogP contribution is 2.47. The minimum Gasteiger partial charge on any atom is -0.465 e. The Kier molecular flexibility index (Phi) is 10.1. The monoisotopic (exact) mass is 586 g/mol. The van der Waals surface area contributed by atoms with E-state index >= 15 is 0 Å². The van der Waals surface area contributed by atoms with Crippen molar-refractivity contribution in [3.8, 4) is 5.75 Å². The number of nitrogens with zero attached hydrogens (tertiary/aromatic N) is 4. The van der Waals surface area contributed by atoms with E-state index in [2.05, 4.69) is 24.8 Å². The first kappa shape index (κ1) is 31.3. The summed E-state index contributed by atoms with van der Waals surface area (Å²) in [5.41, 5.74) is 6.31. The van der Waals surface area contributed by atoms with Crippen LogP contribution in [0.4, 0.5) is 19.0 Å². The highest BCUT2D eigenvalue weighted by Gasteiger charge is 2.38. The van der Waals surface area contributed by atoms with Crippen LogP contribution >= 0.6 is 7.29 Å². The van der Waals surface area contributed by atoms with Gasteiger partial charge in [0.2, 0.25) is 0 Å². The quantitative estimate of drug-likeness (QED) is 0.201. The zero-order chi connectivity index (χ0) is 29.6. The number of ether oxygens (including phenoxy) is 3. The molecule has 0 saturated carbocycles. The van der Waals surface area contributed by atoms with Crippen LogP contribution in [0.1, 0.15) is 39.7 Å². The lowest BCUT2D eigenvalue weighted by atomic mass is 9.97. The average molecular weight is 587 g/mol. The Balaban J connectivity index is 1.71. The molecule has 3 rings (SSSR count). The Labute approximate surface area is 230 Å². The highest BCUT2D eigenvalue weighted by molar-refractivity contribution is 7.61. The van der Waals surface area contributed by atoms with Crippen molar-refractivity contribution in [1.29, 1.82) is 0 Å². The number of nitrogens with two attached hydrogens (primary N) is 1. The molecule has 3 aromatic rings. The summed E-state index contributed by atoms with van der Waals surface area (Å²) in [6, 6.07) is 5.21. The second-order valence-electron chi connectivity index (χ2n) is 10.0. The highest BCUT2D eigenvalue weighted by atomic mass is 31.2. The third kappa shape index (κ3) is 8.90. The van der Waals surface area contributed by atoms with Crippen molar-refractivity contribution in [2.75, 3.05) is 24.9 Å². The summed E-state index contributed by atoms with van der Waals surface area (Å²) in [5.74, 6) is -0.600. The molecule has 1 unspecified atom stereocenters. The molecule has 0 aliphatic carbocycles. The van der Waals surface area contributed by atoms with Gasteiger partial charge in [-0.2, -0.15) is 0 Å². The second kappa shape index (κ2) is 13.0. The Bertz CT molecular complexity index is 1330. The van der Waals surface area contributed by atoms with Crippen LogP contribution in [-0.4, -0.2) is 57.1 Å². The van der Waals surface area contributed by atoms with Crippen LogP contribution in [0, 0.1) is 5.41 Å². The lowest BCUT2D eigenvalue weighted by Crippen LogP contribution is -2.34. The molecule has 15 heteroatoms. The molecule has 3 N–H and O–H groups in total.